The van der Waals surface area contributed by atoms with Gasteiger partial charge in [0.05, 0.1) is 10.2 Å². The number of nitrogens with one attached hydrogen (secondary N) is 1. The molecule has 0 heterocycles. The van der Waals surface area contributed by atoms with E-state index in [-0.39, 0.29) is 17.6 Å². The summed E-state index contributed by atoms with van der Waals surface area (Å²) in [5.41, 5.74) is 3.05. The van der Waals surface area contributed by atoms with E-state index in [4.69, 9.17) is 0 Å². The third kappa shape index (κ3) is 4.66. The van der Waals surface area contributed by atoms with Gasteiger partial charge in [0, 0.05) is 23.4 Å². The van der Waals surface area contributed by atoms with Crippen molar-refractivity contribution in [1.29, 1.82) is 0 Å². The molecule has 2 N–H and O–H groups in total. The molecule has 4 nitrogen and oxygen atoms in total. The van der Waals surface area contributed by atoms with Gasteiger partial charge in [0.15, 0.2) is 0 Å². The molecule has 0 saturated carbocycles. The summed E-state index contributed by atoms with van der Waals surface area (Å²) >= 11 is 3.32. The van der Waals surface area contributed by atoms with Gasteiger partial charge in [-0.1, -0.05) is 19.9 Å². The molecular weight excluding hydrogens is 356 g/mol. The van der Waals surface area contributed by atoms with Crippen LogP contribution in [0.1, 0.15) is 25.0 Å². The van der Waals surface area contributed by atoms with Crippen molar-refractivity contribution in [2.45, 2.75) is 20.8 Å². The van der Waals surface area contributed by atoms with Crippen molar-refractivity contribution < 1.29 is 9.90 Å². The Morgan fingerprint density at radius 1 is 1.30 bits per heavy atom. The first-order chi connectivity index (χ1) is 10.9. The lowest BCUT2D eigenvalue weighted by atomic mass is 10.1. The summed E-state index contributed by atoms with van der Waals surface area (Å²) < 4.78 is 0.636. The van der Waals surface area contributed by atoms with E-state index in [1.54, 1.807) is 12.3 Å². The Kier molecular flexibility index (Phi) is 5.55. The third-order valence-corrected chi connectivity index (χ3v) is 3.83. The van der Waals surface area contributed by atoms with Crippen molar-refractivity contribution in [1.82, 2.24) is 0 Å². The monoisotopic (exact) mass is 374 g/mol. The fourth-order valence-corrected chi connectivity index (χ4v) is 2.54. The van der Waals surface area contributed by atoms with Crippen LogP contribution in [0.5, 0.6) is 5.75 Å². The molecule has 0 fully saturated rings. The average Bonchev–Trinajstić information content (AvgIpc) is 2.49. The molecule has 0 unspecified atom stereocenters. The fraction of sp³-hybridized carbons (Fsp3) is 0.222. The highest BCUT2D eigenvalue weighted by molar-refractivity contribution is 9.10. The molecule has 2 aromatic carbocycles. The summed E-state index contributed by atoms with van der Waals surface area (Å²) in [6.07, 6.45) is 1.61. The molecule has 0 aliphatic carbocycles. The summed E-state index contributed by atoms with van der Waals surface area (Å²) in [5, 5.41) is 12.9. The molecule has 2 rings (SSSR count). The smallest absolute Gasteiger partial charge is 0.226 e. The number of hydrogen-bond donors (Lipinski definition) is 2. The Hall–Kier alpha value is -2.14. The van der Waals surface area contributed by atoms with E-state index in [0.717, 1.165) is 5.56 Å². The summed E-state index contributed by atoms with van der Waals surface area (Å²) in [6, 6.07) is 11.0. The predicted octanol–water partition coefficient (Wildman–Crippen LogP) is 4.81. The highest BCUT2D eigenvalue weighted by Crippen LogP contribution is 2.28. The van der Waals surface area contributed by atoms with Crippen molar-refractivity contribution in [3.8, 4) is 5.75 Å². The Labute approximate surface area is 144 Å². The SMILES string of the molecule is Cc1cc(Br)c(O)c(C=Nc2cccc(NC(=O)C(C)C)c2)c1. The second-order valence-corrected chi connectivity index (χ2v) is 6.49. The number of aromatic hydroxyl groups is 1. The molecule has 5 heteroatoms. The number of benzene rings is 2. The molecule has 0 aliphatic rings. The quantitative estimate of drug-likeness (QED) is 0.754. The molecule has 0 aromatic heterocycles. The largest absolute Gasteiger partial charge is 0.506 e. The number of carbonyl (C=O) groups is 1. The van der Waals surface area contributed by atoms with E-state index < -0.39 is 0 Å². The lowest BCUT2D eigenvalue weighted by Crippen LogP contribution is -2.17. The molecule has 1 amide bonds. The zero-order chi connectivity index (χ0) is 17.0. The lowest BCUT2D eigenvalue weighted by Gasteiger charge is -2.08. The number of phenolic OH excluding ortho intramolecular Hbond substituents is 1. The van der Waals surface area contributed by atoms with Crippen LogP contribution < -0.4 is 5.32 Å². The Balaban J connectivity index is 2.22. The van der Waals surface area contributed by atoms with Gasteiger partial charge in [-0.25, -0.2) is 0 Å². The first-order valence-corrected chi connectivity index (χ1v) is 8.10. The van der Waals surface area contributed by atoms with Gasteiger partial charge in [-0.15, -0.1) is 0 Å². The van der Waals surface area contributed by atoms with Crippen LogP contribution in [0.25, 0.3) is 0 Å². The minimum atomic E-state index is -0.0799. The second kappa shape index (κ2) is 7.42. The van der Waals surface area contributed by atoms with Crippen LogP contribution in [0, 0.1) is 12.8 Å². The van der Waals surface area contributed by atoms with Crippen LogP contribution in [0.2, 0.25) is 0 Å². The molecule has 0 saturated heterocycles. The van der Waals surface area contributed by atoms with E-state index in [1.165, 1.54) is 0 Å². The van der Waals surface area contributed by atoms with E-state index in [0.29, 0.717) is 21.4 Å². The minimum absolute atomic E-state index is 0.0358. The Morgan fingerprint density at radius 2 is 2.04 bits per heavy atom. The maximum absolute atomic E-state index is 11.7. The number of aliphatic imine (C=N–C) groups is 1. The normalized spacial score (nSPS) is 11.2. The van der Waals surface area contributed by atoms with E-state index >= 15 is 0 Å². The molecule has 0 bridgehead atoms. The van der Waals surface area contributed by atoms with Crippen LogP contribution in [-0.2, 0) is 4.79 Å². The number of anilines is 1. The number of amides is 1. The number of rotatable bonds is 4. The average molecular weight is 375 g/mol. The standard InChI is InChI=1S/C18H19BrN2O2/c1-11(2)18(23)21-15-6-4-5-14(9-15)20-10-13-7-12(3)8-16(19)17(13)22/h4-11,22H,1-3H3,(H,21,23). The van der Waals surface area contributed by atoms with Gasteiger partial charge in [0.2, 0.25) is 5.91 Å². The van der Waals surface area contributed by atoms with Crippen LogP contribution in [-0.4, -0.2) is 17.2 Å². The van der Waals surface area contributed by atoms with Crippen molar-refractivity contribution >= 4 is 39.4 Å². The van der Waals surface area contributed by atoms with Gasteiger partial charge in [-0.3, -0.25) is 9.79 Å². The summed E-state index contributed by atoms with van der Waals surface area (Å²) in [4.78, 5) is 16.1. The molecule has 0 radical (unpaired) electrons. The number of hydrogen-bond acceptors (Lipinski definition) is 3. The Bertz CT molecular complexity index is 755. The van der Waals surface area contributed by atoms with Gasteiger partial charge in [-0.05, 0) is 58.7 Å². The van der Waals surface area contributed by atoms with Crippen molar-refractivity contribution in [2.75, 3.05) is 5.32 Å². The topological polar surface area (TPSA) is 61.7 Å². The molecule has 23 heavy (non-hydrogen) atoms. The fourth-order valence-electron chi connectivity index (χ4n) is 1.95. The van der Waals surface area contributed by atoms with Gasteiger partial charge in [-0.2, -0.15) is 0 Å². The van der Waals surface area contributed by atoms with Crippen LogP contribution in [0.15, 0.2) is 45.9 Å². The lowest BCUT2D eigenvalue weighted by molar-refractivity contribution is -0.118. The molecule has 0 spiro atoms. The zero-order valence-electron chi connectivity index (χ0n) is 13.3. The first-order valence-electron chi connectivity index (χ1n) is 7.31. The highest BCUT2D eigenvalue weighted by Gasteiger charge is 2.07. The van der Waals surface area contributed by atoms with Crippen LogP contribution >= 0.6 is 15.9 Å². The van der Waals surface area contributed by atoms with E-state index in [1.807, 2.05) is 51.1 Å². The zero-order valence-corrected chi connectivity index (χ0v) is 14.9. The number of phenols is 1. The molecule has 120 valence electrons. The van der Waals surface area contributed by atoms with Crippen molar-refractivity contribution in [3.05, 3.63) is 52.0 Å². The van der Waals surface area contributed by atoms with E-state index in [2.05, 4.69) is 26.2 Å². The van der Waals surface area contributed by atoms with Crippen molar-refractivity contribution in [2.24, 2.45) is 10.9 Å². The third-order valence-electron chi connectivity index (χ3n) is 3.23. The number of carbonyl (C=O) groups excluding carboxylic acids is 1. The predicted molar refractivity (Wildman–Crippen MR) is 97.7 cm³/mol. The molecule has 2 aromatic rings. The maximum Gasteiger partial charge on any atom is 0.226 e. The number of halogens is 1. The summed E-state index contributed by atoms with van der Waals surface area (Å²) in [6.45, 7) is 5.63. The van der Waals surface area contributed by atoms with Crippen LogP contribution in [0.4, 0.5) is 11.4 Å². The first kappa shape index (κ1) is 17.2. The molecular formula is C18H19BrN2O2. The highest BCUT2D eigenvalue weighted by atomic mass is 79.9. The number of nitrogens with zero attached hydrogens (tertiary/aromatic N) is 1. The van der Waals surface area contributed by atoms with Crippen LogP contribution in [0.3, 0.4) is 0 Å². The van der Waals surface area contributed by atoms with Gasteiger partial charge >= 0.3 is 0 Å². The van der Waals surface area contributed by atoms with Crippen molar-refractivity contribution in [3.63, 3.8) is 0 Å². The van der Waals surface area contributed by atoms with E-state index in [9.17, 15) is 9.90 Å². The summed E-state index contributed by atoms with van der Waals surface area (Å²) in [5.74, 6) is 0.0405. The summed E-state index contributed by atoms with van der Waals surface area (Å²) in [7, 11) is 0. The van der Waals surface area contributed by atoms with Gasteiger partial charge < -0.3 is 10.4 Å². The molecule has 0 aliphatic heterocycles. The maximum atomic E-state index is 11.7. The number of aryl methyl sites for hydroxylation is 1. The molecule has 0 atom stereocenters. The second-order valence-electron chi connectivity index (χ2n) is 5.64. The van der Waals surface area contributed by atoms with Gasteiger partial charge in [0.25, 0.3) is 0 Å². The minimum Gasteiger partial charge on any atom is -0.506 e. The van der Waals surface area contributed by atoms with Gasteiger partial charge in [0.1, 0.15) is 5.75 Å². The Morgan fingerprint density at radius 3 is 2.74 bits per heavy atom.